The molecule has 0 bridgehead atoms. The lowest BCUT2D eigenvalue weighted by molar-refractivity contribution is 0.577. The molecule has 0 heterocycles. The van der Waals surface area contributed by atoms with Crippen LogP contribution in [0.4, 0.5) is 0 Å². The van der Waals surface area contributed by atoms with Gasteiger partial charge in [-0.3, -0.25) is 0 Å². The lowest BCUT2D eigenvalue weighted by Crippen LogP contribution is -2.28. The van der Waals surface area contributed by atoms with Gasteiger partial charge in [0.25, 0.3) is 0 Å². The van der Waals surface area contributed by atoms with Gasteiger partial charge in [0.2, 0.25) is 0 Å². The average molecular weight is 173 g/mol. The number of rotatable bonds is 6. The van der Waals surface area contributed by atoms with Gasteiger partial charge >= 0.3 is 0 Å². The summed E-state index contributed by atoms with van der Waals surface area (Å²) in [5.41, 5.74) is 0. The highest BCUT2D eigenvalue weighted by Crippen LogP contribution is 2.22. The first-order valence-corrected chi connectivity index (χ1v) is 6.54. The molecule has 0 amide bonds. The van der Waals surface area contributed by atoms with Crippen molar-refractivity contribution in [3.63, 3.8) is 0 Å². The van der Waals surface area contributed by atoms with Gasteiger partial charge in [-0.1, -0.05) is 40.2 Å². The lowest BCUT2D eigenvalue weighted by atomic mass is 10.2. The van der Waals surface area contributed by atoms with Gasteiger partial charge in [0.15, 0.2) is 0 Å². The Morgan fingerprint density at radius 2 is 1.91 bits per heavy atom. The molecule has 0 saturated carbocycles. The molecular weight excluding hydrogens is 150 g/mol. The molecule has 0 radical (unpaired) electrons. The van der Waals surface area contributed by atoms with E-state index in [2.05, 4.69) is 33.0 Å². The van der Waals surface area contributed by atoms with Crippen LogP contribution >= 0.6 is 0 Å². The SMILES string of the molecule is CCC[SiH2]C(C)(C)CNCC. The van der Waals surface area contributed by atoms with Gasteiger partial charge in [0.1, 0.15) is 0 Å². The number of hydrogen-bond acceptors (Lipinski definition) is 1. The number of nitrogens with one attached hydrogen (secondary N) is 1. The first kappa shape index (κ1) is 11.2. The monoisotopic (exact) mass is 173 g/mol. The normalized spacial score (nSPS) is 13.1. The van der Waals surface area contributed by atoms with E-state index in [0.717, 1.165) is 6.54 Å². The Kier molecular flexibility index (Phi) is 5.87. The van der Waals surface area contributed by atoms with Crippen LogP contribution in [0.25, 0.3) is 0 Å². The lowest BCUT2D eigenvalue weighted by Gasteiger charge is -2.23. The molecule has 0 saturated heterocycles. The third-order valence-electron chi connectivity index (χ3n) is 2.06. The van der Waals surface area contributed by atoms with Gasteiger partial charge in [-0.25, -0.2) is 0 Å². The summed E-state index contributed by atoms with van der Waals surface area (Å²) in [5, 5.41) is 4.06. The minimum Gasteiger partial charge on any atom is -0.317 e. The van der Waals surface area contributed by atoms with Gasteiger partial charge < -0.3 is 5.32 Å². The standard InChI is InChI=1S/C9H23NSi/c1-5-7-11-9(3,4)8-10-6-2/h10H,5-8,11H2,1-4H3. The Balaban J connectivity index is 3.43. The van der Waals surface area contributed by atoms with Crippen molar-refractivity contribution in [3.05, 3.63) is 0 Å². The summed E-state index contributed by atoms with van der Waals surface area (Å²) >= 11 is 0. The van der Waals surface area contributed by atoms with E-state index in [4.69, 9.17) is 0 Å². The predicted molar refractivity (Wildman–Crippen MR) is 56.2 cm³/mol. The smallest absolute Gasteiger partial charge is 0.0280 e. The minimum absolute atomic E-state index is 0.156. The summed E-state index contributed by atoms with van der Waals surface area (Å²) in [4.78, 5) is 0. The zero-order valence-electron chi connectivity index (χ0n) is 8.54. The molecule has 2 heteroatoms. The molecule has 1 N–H and O–H groups in total. The van der Waals surface area contributed by atoms with Crippen LogP contribution < -0.4 is 5.32 Å². The highest BCUT2D eigenvalue weighted by atomic mass is 28.2. The highest BCUT2D eigenvalue weighted by molar-refractivity contribution is 6.39. The van der Waals surface area contributed by atoms with Crippen LogP contribution in [0.5, 0.6) is 0 Å². The van der Waals surface area contributed by atoms with Gasteiger partial charge in [-0.15, -0.1) is 0 Å². The Morgan fingerprint density at radius 1 is 1.27 bits per heavy atom. The van der Waals surface area contributed by atoms with Crippen molar-refractivity contribution in [2.45, 2.75) is 45.2 Å². The first-order chi connectivity index (χ1) is 5.12. The third-order valence-corrected chi connectivity index (χ3v) is 4.72. The van der Waals surface area contributed by atoms with E-state index in [1.165, 1.54) is 19.0 Å². The van der Waals surface area contributed by atoms with Crippen LogP contribution in [0.15, 0.2) is 0 Å². The van der Waals surface area contributed by atoms with Crippen molar-refractivity contribution in [2.24, 2.45) is 0 Å². The summed E-state index contributed by atoms with van der Waals surface area (Å²) in [6.07, 6.45) is 1.38. The molecule has 0 aliphatic rings. The quantitative estimate of drug-likeness (QED) is 0.604. The highest BCUT2D eigenvalue weighted by Gasteiger charge is 2.15. The summed E-state index contributed by atoms with van der Waals surface area (Å²) in [6.45, 7) is 11.6. The zero-order valence-corrected chi connectivity index (χ0v) is 9.95. The van der Waals surface area contributed by atoms with Gasteiger partial charge in [-0.2, -0.15) is 0 Å². The Bertz CT molecular complexity index is 81.6. The van der Waals surface area contributed by atoms with Gasteiger partial charge in [0.05, 0.1) is 0 Å². The van der Waals surface area contributed by atoms with Crippen LogP contribution in [-0.2, 0) is 0 Å². The molecule has 1 nitrogen and oxygen atoms in total. The topological polar surface area (TPSA) is 12.0 Å². The number of hydrogen-bond donors (Lipinski definition) is 1. The molecule has 0 fully saturated rings. The molecule has 0 aromatic carbocycles. The Morgan fingerprint density at radius 3 is 2.36 bits per heavy atom. The van der Waals surface area contributed by atoms with Gasteiger partial charge in [0, 0.05) is 9.52 Å². The van der Waals surface area contributed by atoms with Crippen molar-refractivity contribution in [1.29, 1.82) is 0 Å². The second-order valence-electron chi connectivity index (χ2n) is 4.05. The van der Waals surface area contributed by atoms with Gasteiger partial charge in [-0.05, 0) is 18.1 Å². The summed E-state index contributed by atoms with van der Waals surface area (Å²) < 4.78 is 0. The molecule has 0 aliphatic heterocycles. The molecule has 0 spiro atoms. The second kappa shape index (κ2) is 5.78. The molecule has 11 heavy (non-hydrogen) atoms. The van der Waals surface area contributed by atoms with Crippen molar-refractivity contribution < 1.29 is 0 Å². The Labute approximate surface area is 73.8 Å². The molecule has 0 rings (SSSR count). The molecule has 0 unspecified atom stereocenters. The average Bonchev–Trinajstić information content (AvgIpc) is 1.97. The van der Waals surface area contributed by atoms with E-state index in [9.17, 15) is 0 Å². The molecule has 0 aliphatic carbocycles. The van der Waals surface area contributed by atoms with E-state index in [1.54, 1.807) is 0 Å². The zero-order chi connectivity index (χ0) is 8.74. The second-order valence-corrected chi connectivity index (χ2v) is 7.17. The molecule has 0 aromatic heterocycles. The summed E-state index contributed by atoms with van der Waals surface area (Å²) in [7, 11) is 0.156. The molecule has 0 aromatic rings. The van der Waals surface area contributed by atoms with E-state index in [0.29, 0.717) is 5.04 Å². The molecular formula is C9H23NSi. The molecule has 68 valence electrons. The minimum atomic E-state index is 0.156. The van der Waals surface area contributed by atoms with Crippen molar-refractivity contribution in [2.75, 3.05) is 13.1 Å². The summed E-state index contributed by atoms with van der Waals surface area (Å²) in [5.74, 6) is 0. The fourth-order valence-electron chi connectivity index (χ4n) is 1.21. The fraction of sp³-hybridized carbons (Fsp3) is 1.00. The largest absolute Gasteiger partial charge is 0.317 e. The van der Waals surface area contributed by atoms with Crippen LogP contribution in [-0.4, -0.2) is 22.6 Å². The maximum Gasteiger partial charge on any atom is 0.0280 e. The van der Waals surface area contributed by atoms with Crippen molar-refractivity contribution >= 4 is 9.52 Å². The van der Waals surface area contributed by atoms with Crippen molar-refractivity contribution in [3.8, 4) is 0 Å². The maximum atomic E-state index is 3.43. The van der Waals surface area contributed by atoms with Crippen molar-refractivity contribution in [1.82, 2.24) is 5.32 Å². The van der Waals surface area contributed by atoms with Crippen LogP contribution in [0.3, 0.4) is 0 Å². The van der Waals surface area contributed by atoms with E-state index in [1.807, 2.05) is 0 Å². The first-order valence-electron chi connectivity index (χ1n) is 4.83. The van der Waals surface area contributed by atoms with E-state index in [-0.39, 0.29) is 9.52 Å². The van der Waals surface area contributed by atoms with Crippen LogP contribution in [0.2, 0.25) is 11.1 Å². The molecule has 0 atom stereocenters. The fourth-order valence-corrected chi connectivity index (χ4v) is 2.87. The van der Waals surface area contributed by atoms with E-state index < -0.39 is 0 Å². The van der Waals surface area contributed by atoms with Crippen LogP contribution in [0.1, 0.15) is 34.1 Å². The Hall–Kier alpha value is 0.177. The predicted octanol–water partition coefficient (Wildman–Crippen LogP) is 1.79. The van der Waals surface area contributed by atoms with E-state index >= 15 is 0 Å². The maximum absolute atomic E-state index is 3.43. The van der Waals surface area contributed by atoms with Crippen LogP contribution in [0, 0.1) is 0 Å². The third kappa shape index (κ3) is 6.57. The summed E-state index contributed by atoms with van der Waals surface area (Å²) in [6, 6.07) is 1.50.